The molecule has 0 aliphatic heterocycles. The first-order valence-electron chi connectivity index (χ1n) is 7.02. The summed E-state index contributed by atoms with van der Waals surface area (Å²) in [6, 6.07) is 10.1. The molecule has 0 N–H and O–H groups in total. The molecule has 0 aliphatic carbocycles. The van der Waals surface area contributed by atoms with E-state index in [2.05, 4.69) is 4.98 Å². The van der Waals surface area contributed by atoms with E-state index in [0.29, 0.717) is 25.5 Å². The molecule has 2 aromatic rings. The standard InChI is InChI=1S/C16H19NO3S/c1-2-20-16(18)14-12-21-15(17-14)9-6-10-19-11-13-7-4-3-5-8-13/h3-5,7-8,12H,2,6,9-11H2,1H3. The maximum absolute atomic E-state index is 11.5. The topological polar surface area (TPSA) is 48.4 Å². The maximum atomic E-state index is 11.5. The van der Waals surface area contributed by atoms with Crippen molar-refractivity contribution < 1.29 is 14.3 Å². The monoisotopic (exact) mass is 305 g/mol. The molecule has 5 heteroatoms. The van der Waals surface area contributed by atoms with Crippen LogP contribution >= 0.6 is 11.3 Å². The highest BCUT2D eigenvalue weighted by Crippen LogP contribution is 2.13. The molecule has 1 heterocycles. The number of rotatable bonds is 8. The van der Waals surface area contributed by atoms with Gasteiger partial charge in [-0.3, -0.25) is 0 Å². The molecule has 0 saturated heterocycles. The van der Waals surface area contributed by atoms with Gasteiger partial charge in [0.1, 0.15) is 0 Å². The van der Waals surface area contributed by atoms with Crippen molar-refractivity contribution in [2.24, 2.45) is 0 Å². The number of aryl methyl sites for hydroxylation is 1. The number of carbonyl (C=O) groups is 1. The van der Waals surface area contributed by atoms with Crippen LogP contribution in [0.5, 0.6) is 0 Å². The van der Waals surface area contributed by atoms with Crippen molar-refractivity contribution in [3.8, 4) is 0 Å². The van der Waals surface area contributed by atoms with Crippen molar-refractivity contribution in [2.45, 2.75) is 26.4 Å². The van der Waals surface area contributed by atoms with Gasteiger partial charge in [0.05, 0.1) is 18.2 Å². The number of esters is 1. The first-order chi connectivity index (χ1) is 10.3. The van der Waals surface area contributed by atoms with Gasteiger partial charge in [-0.1, -0.05) is 30.3 Å². The lowest BCUT2D eigenvalue weighted by Gasteiger charge is -2.03. The predicted octanol–water partition coefficient (Wildman–Crippen LogP) is 3.47. The van der Waals surface area contributed by atoms with E-state index in [1.807, 2.05) is 30.3 Å². The average molecular weight is 305 g/mol. The molecule has 112 valence electrons. The van der Waals surface area contributed by atoms with Crippen LogP contribution in [0.3, 0.4) is 0 Å². The van der Waals surface area contributed by atoms with Gasteiger partial charge in [0.2, 0.25) is 0 Å². The molecular weight excluding hydrogens is 286 g/mol. The fourth-order valence-corrected chi connectivity index (χ4v) is 2.62. The zero-order valence-electron chi connectivity index (χ0n) is 12.1. The van der Waals surface area contributed by atoms with E-state index < -0.39 is 0 Å². The molecule has 2 rings (SSSR count). The van der Waals surface area contributed by atoms with Crippen LogP contribution in [0.15, 0.2) is 35.7 Å². The number of ether oxygens (including phenoxy) is 2. The Hall–Kier alpha value is -1.72. The Morgan fingerprint density at radius 2 is 2.10 bits per heavy atom. The Kier molecular flexibility index (Phi) is 6.37. The molecular formula is C16H19NO3S. The summed E-state index contributed by atoms with van der Waals surface area (Å²) in [5, 5.41) is 2.69. The van der Waals surface area contributed by atoms with Crippen LogP contribution in [-0.4, -0.2) is 24.2 Å². The lowest BCUT2D eigenvalue weighted by molar-refractivity contribution is 0.0520. The van der Waals surface area contributed by atoms with Gasteiger partial charge >= 0.3 is 5.97 Å². The largest absolute Gasteiger partial charge is 0.461 e. The van der Waals surface area contributed by atoms with E-state index >= 15 is 0 Å². The van der Waals surface area contributed by atoms with Gasteiger partial charge in [-0.2, -0.15) is 0 Å². The van der Waals surface area contributed by atoms with E-state index in [1.165, 1.54) is 16.9 Å². The summed E-state index contributed by atoms with van der Waals surface area (Å²) in [4.78, 5) is 15.8. The van der Waals surface area contributed by atoms with Crippen molar-refractivity contribution in [1.82, 2.24) is 4.98 Å². The number of benzene rings is 1. The fourth-order valence-electron chi connectivity index (χ4n) is 1.81. The van der Waals surface area contributed by atoms with Gasteiger partial charge in [0, 0.05) is 18.4 Å². The van der Waals surface area contributed by atoms with Crippen molar-refractivity contribution in [3.05, 3.63) is 52.0 Å². The number of hydrogen-bond acceptors (Lipinski definition) is 5. The van der Waals surface area contributed by atoms with Crippen LogP contribution in [0, 0.1) is 0 Å². The summed E-state index contributed by atoms with van der Waals surface area (Å²) in [5.41, 5.74) is 1.58. The zero-order chi connectivity index (χ0) is 14.9. The first-order valence-corrected chi connectivity index (χ1v) is 7.90. The minimum Gasteiger partial charge on any atom is -0.461 e. The van der Waals surface area contributed by atoms with E-state index in [1.54, 1.807) is 12.3 Å². The van der Waals surface area contributed by atoms with Crippen LogP contribution in [-0.2, 0) is 22.5 Å². The van der Waals surface area contributed by atoms with Crippen LogP contribution in [0.25, 0.3) is 0 Å². The fraction of sp³-hybridized carbons (Fsp3) is 0.375. The average Bonchev–Trinajstić information content (AvgIpc) is 2.97. The maximum Gasteiger partial charge on any atom is 0.357 e. The van der Waals surface area contributed by atoms with E-state index in [9.17, 15) is 4.79 Å². The molecule has 1 aromatic carbocycles. The van der Waals surface area contributed by atoms with Gasteiger partial charge in [-0.05, 0) is 18.9 Å². The van der Waals surface area contributed by atoms with Crippen molar-refractivity contribution in [1.29, 1.82) is 0 Å². The summed E-state index contributed by atoms with van der Waals surface area (Å²) < 4.78 is 10.5. The van der Waals surface area contributed by atoms with Gasteiger partial charge in [0.15, 0.2) is 5.69 Å². The molecule has 0 unspecified atom stereocenters. The second kappa shape index (κ2) is 8.54. The Balaban J connectivity index is 1.66. The minimum atomic E-state index is -0.347. The molecule has 0 saturated carbocycles. The normalized spacial score (nSPS) is 10.5. The molecule has 0 bridgehead atoms. The molecule has 1 aromatic heterocycles. The third-order valence-corrected chi connectivity index (χ3v) is 3.74. The van der Waals surface area contributed by atoms with Crippen molar-refractivity contribution in [2.75, 3.05) is 13.2 Å². The highest BCUT2D eigenvalue weighted by atomic mass is 32.1. The second-order valence-electron chi connectivity index (χ2n) is 4.49. The molecule has 0 atom stereocenters. The Morgan fingerprint density at radius 1 is 1.29 bits per heavy atom. The summed E-state index contributed by atoms with van der Waals surface area (Å²) in [7, 11) is 0. The van der Waals surface area contributed by atoms with Gasteiger partial charge in [0.25, 0.3) is 0 Å². The first kappa shape index (κ1) is 15.7. The second-order valence-corrected chi connectivity index (χ2v) is 5.43. The third-order valence-electron chi connectivity index (χ3n) is 2.83. The molecule has 0 radical (unpaired) electrons. The highest BCUT2D eigenvalue weighted by Gasteiger charge is 2.11. The summed E-state index contributed by atoms with van der Waals surface area (Å²) in [6.07, 6.45) is 1.71. The molecule has 4 nitrogen and oxygen atoms in total. The van der Waals surface area contributed by atoms with Crippen LogP contribution in [0.1, 0.15) is 34.4 Å². The van der Waals surface area contributed by atoms with Gasteiger partial charge in [-0.15, -0.1) is 11.3 Å². The third kappa shape index (κ3) is 5.28. The summed E-state index contributed by atoms with van der Waals surface area (Å²) in [5.74, 6) is -0.347. The van der Waals surface area contributed by atoms with E-state index in [-0.39, 0.29) is 5.97 Å². The number of nitrogens with zero attached hydrogens (tertiary/aromatic N) is 1. The SMILES string of the molecule is CCOC(=O)c1csc(CCCOCc2ccccc2)n1. The molecule has 0 aliphatic rings. The predicted molar refractivity (Wildman–Crippen MR) is 82.5 cm³/mol. The highest BCUT2D eigenvalue weighted by molar-refractivity contribution is 7.09. The Labute approximate surface area is 128 Å². The van der Waals surface area contributed by atoms with Crippen LogP contribution in [0.4, 0.5) is 0 Å². The van der Waals surface area contributed by atoms with Crippen molar-refractivity contribution >= 4 is 17.3 Å². The Morgan fingerprint density at radius 3 is 2.86 bits per heavy atom. The molecule has 21 heavy (non-hydrogen) atoms. The summed E-state index contributed by atoms with van der Waals surface area (Å²) >= 11 is 1.49. The molecule has 0 fully saturated rings. The lowest BCUT2D eigenvalue weighted by Crippen LogP contribution is -2.05. The van der Waals surface area contributed by atoms with E-state index in [0.717, 1.165) is 17.8 Å². The number of carbonyl (C=O) groups excluding carboxylic acids is 1. The van der Waals surface area contributed by atoms with Crippen molar-refractivity contribution in [3.63, 3.8) is 0 Å². The number of hydrogen-bond donors (Lipinski definition) is 0. The van der Waals surface area contributed by atoms with Gasteiger partial charge in [-0.25, -0.2) is 9.78 Å². The van der Waals surface area contributed by atoms with Crippen LogP contribution in [0.2, 0.25) is 0 Å². The zero-order valence-corrected chi connectivity index (χ0v) is 12.9. The number of thiazole rings is 1. The van der Waals surface area contributed by atoms with E-state index in [4.69, 9.17) is 9.47 Å². The number of aromatic nitrogens is 1. The van der Waals surface area contributed by atoms with Crippen LogP contribution < -0.4 is 0 Å². The molecule has 0 amide bonds. The summed E-state index contributed by atoms with van der Waals surface area (Å²) in [6.45, 7) is 3.48. The minimum absolute atomic E-state index is 0.347. The Bertz CT molecular complexity index is 554. The lowest BCUT2D eigenvalue weighted by atomic mass is 10.2. The van der Waals surface area contributed by atoms with Gasteiger partial charge < -0.3 is 9.47 Å². The smallest absolute Gasteiger partial charge is 0.357 e. The quantitative estimate of drug-likeness (QED) is 0.553. The molecule has 0 spiro atoms.